The molecule has 8 aromatic rings. The van der Waals surface area contributed by atoms with Crippen molar-refractivity contribution in [1.29, 1.82) is 0 Å². The third kappa shape index (κ3) is 4.26. The monoisotopic (exact) mass is 541 g/mol. The standard InChI is InChI=1S/C37H23N3S/c1-3-11-25(12-4-1)35-38-36(26-13-5-2-6-14-26)40-37(39-35)29-16-9-15-27(22-29)28-19-20-31-32-21-18-24-10-7-8-17-30(24)34(32)41-33(31)23-28/h1-23H. The van der Waals surface area contributed by atoms with E-state index in [-0.39, 0.29) is 0 Å². The summed E-state index contributed by atoms with van der Waals surface area (Å²) in [5.41, 5.74) is 5.20. The molecule has 8 rings (SSSR count). The van der Waals surface area contributed by atoms with Crippen LogP contribution >= 0.6 is 11.3 Å². The minimum absolute atomic E-state index is 0.661. The Balaban J connectivity index is 1.25. The van der Waals surface area contributed by atoms with Crippen LogP contribution in [-0.2, 0) is 0 Å². The van der Waals surface area contributed by atoms with E-state index < -0.39 is 0 Å². The largest absolute Gasteiger partial charge is 0.208 e. The summed E-state index contributed by atoms with van der Waals surface area (Å²) in [6.45, 7) is 0. The Hall–Kier alpha value is -5.19. The van der Waals surface area contributed by atoms with Crippen molar-refractivity contribution in [2.45, 2.75) is 0 Å². The van der Waals surface area contributed by atoms with Crippen LogP contribution in [0.5, 0.6) is 0 Å². The molecule has 2 heterocycles. The predicted molar refractivity (Wildman–Crippen MR) is 172 cm³/mol. The zero-order valence-electron chi connectivity index (χ0n) is 22.0. The fraction of sp³-hybridized carbons (Fsp3) is 0. The molecule has 0 saturated heterocycles. The van der Waals surface area contributed by atoms with Crippen molar-refractivity contribution in [1.82, 2.24) is 15.0 Å². The highest BCUT2D eigenvalue weighted by Gasteiger charge is 2.14. The molecule has 0 atom stereocenters. The number of hydrogen-bond acceptors (Lipinski definition) is 4. The summed E-state index contributed by atoms with van der Waals surface area (Å²) >= 11 is 1.87. The van der Waals surface area contributed by atoms with E-state index in [0.29, 0.717) is 17.5 Å². The Labute approximate surface area is 241 Å². The van der Waals surface area contributed by atoms with Crippen LogP contribution in [0.4, 0.5) is 0 Å². The van der Waals surface area contributed by atoms with Gasteiger partial charge in [-0.3, -0.25) is 0 Å². The number of rotatable bonds is 4. The molecule has 0 bridgehead atoms. The summed E-state index contributed by atoms with van der Waals surface area (Å²) in [5.74, 6) is 1.99. The zero-order chi connectivity index (χ0) is 27.2. The molecule has 0 amide bonds. The molecule has 0 saturated carbocycles. The van der Waals surface area contributed by atoms with Crippen LogP contribution in [0.3, 0.4) is 0 Å². The van der Waals surface area contributed by atoms with Gasteiger partial charge in [0.15, 0.2) is 17.5 Å². The van der Waals surface area contributed by atoms with Gasteiger partial charge in [0, 0.05) is 36.9 Å². The SMILES string of the molecule is c1ccc(-c2nc(-c3ccccc3)nc(-c3cccc(-c4ccc5c(c4)sc4c6ccccc6ccc54)c3)n2)cc1. The quantitative estimate of drug-likeness (QED) is 0.222. The lowest BCUT2D eigenvalue weighted by Gasteiger charge is -2.09. The van der Waals surface area contributed by atoms with Crippen molar-refractivity contribution in [3.8, 4) is 45.3 Å². The molecule has 41 heavy (non-hydrogen) atoms. The normalized spacial score (nSPS) is 11.4. The Morgan fingerprint density at radius 2 is 0.927 bits per heavy atom. The molecular formula is C37H23N3S. The molecule has 0 radical (unpaired) electrons. The first-order valence-electron chi connectivity index (χ1n) is 13.6. The van der Waals surface area contributed by atoms with E-state index in [1.165, 1.54) is 36.5 Å². The second-order valence-corrected chi connectivity index (χ2v) is 11.1. The van der Waals surface area contributed by atoms with Gasteiger partial charge in [0.05, 0.1) is 0 Å². The smallest absolute Gasteiger partial charge is 0.164 e. The lowest BCUT2D eigenvalue weighted by molar-refractivity contribution is 1.07. The molecule has 0 unspecified atom stereocenters. The average molecular weight is 542 g/mol. The van der Waals surface area contributed by atoms with E-state index in [9.17, 15) is 0 Å². The first-order chi connectivity index (χ1) is 20.3. The topological polar surface area (TPSA) is 38.7 Å². The van der Waals surface area contributed by atoms with Crippen molar-refractivity contribution in [2.75, 3.05) is 0 Å². The van der Waals surface area contributed by atoms with E-state index in [4.69, 9.17) is 15.0 Å². The first kappa shape index (κ1) is 23.7. The number of thiophene rings is 1. The molecule has 0 aliphatic heterocycles. The van der Waals surface area contributed by atoms with Gasteiger partial charge in [-0.15, -0.1) is 11.3 Å². The Morgan fingerprint density at radius 1 is 0.366 bits per heavy atom. The van der Waals surface area contributed by atoms with Crippen molar-refractivity contribution < 1.29 is 0 Å². The second kappa shape index (κ2) is 9.77. The van der Waals surface area contributed by atoms with Gasteiger partial charge in [-0.05, 0) is 34.0 Å². The maximum Gasteiger partial charge on any atom is 0.164 e. The number of benzene rings is 6. The summed E-state index contributed by atoms with van der Waals surface area (Å²) in [4.78, 5) is 14.7. The fourth-order valence-corrected chi connectivity index (χ4v) is 6.74. The minimum Gasteiger partial charge on any atom is -0.208 e. The third-order valence-electron chi connectivity index (χ3n) is 7.52. The molecule has 192 valence electrons. The Morgan fingerprint density at radius 3 is 1.66 bits per heavy atom. The van der Waals surface area contributed by atoms with Gasteiger partial charge < -0.3 is 0 Å². The van der Waals surface area contributed by atoms with E-state index in [2.05, 4.69) is 78.9 Å². The summed E-state index contributed by atoms with van der Waals surface area (Å²) in [6.07, 6.45) is 0. The minimum atomic E-state index is 0.661. The lowest BCUT2D eigenvalue weighted by atomic mass is 10.0. The van der Waals surface area contributed by atoms with Crippen molar-refractivity contribution >= 4 is 42.3 Å². The Kier molecular flexibility index (Phi) is 5.64. The molecule has 3 nitrogen and oxygen atoms in total. The maximum atomic E-state index is 4.92. The van der Waals surface area contributed by atoms with Crippen LogP contribution in [0.25, 0.3) is 76.2 Å². The van der Waals surface area contributed by atoms with Gasteiger partial charge in [-0.2, -0.15) is 0 Å². The van der Waals surface area contributed by atoms with Crippen molar-refractivity contribution in [3.63, 3.8) is 0 Å². The van der Waals surface area contributed by atoms with Crippen molar-refractivity contribution in [3.05, 3.63) is 140 Å². The Bertz CT molecular complexity index is 2140. The van der Waals surface area contributed by atoms with Gasteiger partial charge >= 0.3 is 0 Å². The predicted octanol–water partition coefficient (Wildman–Crippen LogP) is 10.1. The van der Waals surface area contributed by atoms with Crippen molar-refractivity contribution in [2.24, 2.45) is 0 Å². The number of hydrogen-bond donors (Lipinski definition) is 0. The molecular weight excluding hydrogens is 518 g/mol. The second-order valence-electron chi connectivity index (χ2n) is 10.1. The highest BCUT2D eigenvalue weighted by molar-refractivity contribution is 7.26. The third-order valence-corrected chi connectivity index (χ3v) is 8.72. The summed E-state index contributed by atoms with van der Waals surface area (Å²) in [7, 11) is 0. The summed E-state index contributed by atoms with van der Waals surface area (Å²) in [5, 5.41) is 5.21. The fourth-order valence-electron chi connectivity index (χ4n) is 5.46. The van der Waals surface area contributed by atoms with E-state index >= 15 is 0 Å². The van der Waals surface area contributed by atoms with E-state index in [1.807, 2.05) is 72.0 Å². The van der Waals surface area contributed by atoms with E-state index in [0.717, 1.165) is 22.3 Å². The lowest BCUT2D eigenvalue weighted by Crippen LogP contribution is -2.00. The molecule has 0 fully saturated rings. The summed E-state index contributed by atoms with van der Waals surface area (Å²) < 4.78 is 2.63. The summed E-state index contributed by atoms with van der Waals surface area (Å²) in [6, 6.07) is 48.6. The number of fused-ring (bicyclic) bond motifs is 5. The molecule has 0 aliphatic carbocycles. The van der Waals surface area contributed by atoms with Crippen LogP contribution in [-0.4, -0.2) is 15.0 Å². The highest BCUT2D eigenvalue weighted by atomic mass is 32.1. The van der Waals surface area contributed by atoms with Crippen LogP contribution in [0, 0.1) is 0 Å². The zero-order valence-corrected chi connectivity index (χ0v) is 22.8. The number of aromatic nitrogens is 3. The number of nitrogens with zero attached hydrogens (tertiary/aromatic N) is 3. The van der Waals surface area contributed by atoms with Crippen LogP contribution < -0.4 is 0 Å². The van der Waals surface area contributed by atoms with Gasteiger partial charge in [0.1, 0.15) is 0 Å². The van der Waals surface area contributed by atoms with E-state index in [1.54, 1.807) is 0 Å². The highest BCUT2D eigenvalue weighted by Crippen LogP contribution is 2.40. The van der Waals surface area contributed by atoms with Crippen LogP contribution in [0.15, 0.2) is 140 Å². The average Bonchev–Trinajstić information content (AvgIpc) is 3.44. The first-order valence-corrected chi connectivity index (χ1v) is 14.4. The van der Waals surface area contributed by atoms with Crippen LogP contribution in [0.2, 0.25) is 0 Å². The van der Waals surface area contributed by atoms with Gasteiger partial charge in [0.2, 0.25) is 0 Å². The molecule has 0 spiro atoms. The van der Waals surface area contributed by atoms with Gasteiger partial charge in [0.25, 0.3) is 0 Å². The maximum absolute atomic E-state index is 4.92. The molecule has 4 heteroatoms. The van der Waals surface area contributed by atoms with Gasteiger partial charge in [-0.1, -0.05) is 127 Å². The molecule has 6 aromatic carbocycles. The molecule has 2 aromatic heterocycles. The van der Waals surface area contributed by atoms with Crippen LogP contribution in [0.1, 0.15) is 0 Å². The van der Waals surface area contributed by atoms with Gasteiger partial charge in [-0.25, -0.2) is 15.0 Å². The molecule has 0 aliphatic rings. The molecule has 0 N–H and O–H groups in total.